The van der Waals surface area contributed by atoms with E-state index in [4.69, 9.17) is 33.0 Å². The summed E-state index contributed by atoms with van der Waals surface area (Å²) >= 11 is 11.3. The van der Waals surface area contributed by atoms with Crippen LogP contribution in [0.25, 0.3) is 0 Å². The van der Waals surface area contributed by atoms with Gasteiger partial charge in [-0.2, -0.15) is 0 Å². The van der Waals surface area contributed by atoms with Crippen LogP contribution >= 0.6 is 23.2 Å². The average Bonchev–Trinajstić information content (AvgIpc) is 2.13. The molecule has 0 radical (unpaired) electrons. The van der Waals surface area contributed by atoms with E-state index < -0.39 is 5.97 Å². The lowest BCUT2D eigenvalue weighted by molar-refractivity contribution is -0.132. The predicted molar refractivity (Wildman–Crippen MR) is 56.6 cm³/mol. The monoisotopic (exact) mass is 238 g/mol. The van der Waals surface area contributed by atoms with Crippen LogP contribution in [-0.4, -0.2) is 24.1 Å². The largest absolute Gasteiger partial charge is 0.495 e. The predicted octanol–water partition coefficient (Wildman–Crippen LogP) is 2.74. The summed E-state index contributed by atoms with van der Waals surface area (Å²) in [5, 5.41) is 9.06. The van der Waals surface area contributed by atoms with Gasteiger partial charge in [-0.3, -0.25) is 0 Å². The number of aliphatic carboxylic acids is 1. The van der Waals surface area contributed by atoms with Crippen LogP contribution in [0.15, 0.2) is 22.4 Å². The van der Waals surface area contributed by atoms with Crippen LogP contribution in [0.2, 0.25) is 0 Å². The topological polar surface area (TPSA) is 46.5 Å². The Balaban J connectivity index is 5.18. The van der Waals surface area contributed by atoms with Gasteiger partial charge in [0.05, 0.1) is 23.6 Å². The second-order valence-corrected chi connectivity index (χ2v) is 3.09. The zero-order valence-electron chi connectivity index (χ0n) is 8.01. The Morgan fingerprint density at radius 3 is 2.43 bits per heavy atom. The van der Waals surface area contributed by atoms with Crippen molar-refractivity contribution in [2.24, 2.45) is 0 Å². The second kappa shape index (κ2) is 6.74. The molecule has 0 amide bonds. The van der Waals surface area contributed by atoms with E-state index in [9.17, 15) is 4.79 Å². The normalized spacial score (nSPS) is 13.6. The number of hydrogen-bond donors (Lipinski definition) is 1. The maximum atomic E-state index is 10.7. The van der Waals surface area contributed by atoms with Gasteiger partial charge in [0.1, 0.15) is 5.76 Å². The number of alkyl halides is 1. The Bertz CT molecular complexity index is 269. The van der Waals surface area contributed by atoms with E-state index in [-0.39, 0.29) is 22.2 Å². The van der Waals surface area contributed by atoms with Gasteiger partial charge in [0.2, 0.25) is 0 Å². The van der Waals surface area contributed by atoms with Crippen LogP contribution in [0.1, 0.15) is 13.3 Å². The van der Waals surface area contributed by atoms with Crippen LogP contribution in [-0.2, 0) is 9.53 Å². The number of carbonyl (C=O) groups is 1. The number of halogens is 2. The molecule has 0 spiro atoms. The van der Waals surface area contributed by atoms with E-state index >= 15 is 0 Å². The number of carboxylic acids is 1. The molecule has 0 unspecified atom stereocenters. The number of rotatable bonds is 5. The fraction of sp³-hybridized carbons (Fsp3) is 0.444. The van der Waals surface area contributed by atoms with Gasteiger partial charge in [-0.1, -0.05) is 24.6 Å². The molecule has 0 heterocycles. The molecule has 0 aromatic carbocycles. The molecule has 0 atom stereocenters. The molecule has 0 aromatic heterocycles. The summed E-state index contributed by atoms with van der Waals surface area (Å²) in [7, 11) is 1.36. The molecule has 0 rings (SSSR count). The first kappa shape index (κ1) is 13.3. The Hall–Kier alpha value is -0.670. The van der Waals surface area contributed by atoms with Crippen molar-refractivity contribution in [2.45, 2.75) is 13.3 Å². The lowest BCUT2D eigenvalue weighted by atomic mass is 10.2. The van der Waals surface area contributed by atoms with Crippen molar-refractivity contribution in [1.82, 2.24) is 0 Å². The molecule has 0 aliphatic rings. The lowest BCUT2D eigenvalue weighted by Gasteiger charge is -2.08. The SMILES string of the molecule is CC/C=C(Cl)\C(OC)=C(/CCl)C(=O)O. The standard InChI is InChI=1S/C9H12Cl2O3/c1-3-4-7(11)8(14-2)6(5-10)9(12)13/h4H,3,5H2,1-2H3,(H,12,13)/b7-4+,8-6-. The molecule has 80 valence electrons. The summed E-state index contributed by atoms with van der Waals surface area (Å²) in [6.45, 7) is 1.89. The van der Waals surface area contributed by atoms with Crippen molar-refractivity contribution in [3.05, 3.63) is 22.4 Å². The zero-order valence-corrected chi connectivity index (χ0v) is 9.52. The van der Waals surface area contributed by atoms with Gasteiger partial charge >= 0.3 is 5.97 Å². The first-order valence-corrected chi connectivity index (χ1v) is 4.92. The Morgan fingerprint density at radius 1 is 1.57 bits per heavy atom. The van der Waals surface area contributed by atoms with Crippen molar-refractivity contribution in [1.29, 1.82) is 0 Å². The molecule has 0 aromatic rings. The highest BCUT2D eigenvalue weighted by Crippen LogP contribution is 2.21. The fourth-order valence-electron chi connectivity index (χ4n) is 0.852. The van der Waals surface area contributed by atoms with Crippen molar-refractivity contribution < 1.29 is 14.6 Å². The highest BCUT2D eigenvalue weighted by atomic mass is 35.5. The summed E-state index contributed by atoms with van der Waals surface area (Å²) in [4.78, 5) is 10.7. The number of methoxy groups -OCH3 is 1. The molecule has 1 N–H and O–H groups in total. The Morgan fingerprint density at radius 2 is 2.14 bits per heavy atom. The molecule has 3 nitrogen and oxygen atoms in total. The zero-order chi connectivity index (χ0) is 11.1. The van der Waals surface area contributed by atoms with Gasteiger partial charge in [-0.15, -0.1) is 11.6 Å². The molecule has 0 saturated heterocycles. The lowest BCUT2D eigenvalue weighted by Crippen LogP contribution is -2.07. The van der Waals surface area contributed by atoms with E-state index in [2.05, 4.69) is 0 Å². The van der Waals surface area contributed by atoms with Gasteiger partial charge in [0.15, 0.2) is 0 Å². The van der Waals surface area contributed by atoms with Crippen molar-refractivity contribution in [3.63, 3.8) is 0 Å². The average molecular weight is 239 g/mol. The van der Waals surface area contributed by atoms with E-state index in [0.717, 1.165) is 0 Å². The van der Waals surface area contributed by atoms with E-state index in [1.165, 1.54) is 7.11 Å². The molecular weight excluding hydrogens is 227 g/mol. The Labute approximate surface area is 93.0 Å². The van der Waals surface area contributed by atoms with E-state index in [0.29, 0.717) is 6.42 Å². The van der Waals surface area contributed by atoms with E-state index in [1.54, 1.807) is 6.08 Å². The van der Waals surface area contributed by atoms with Gasteiger partial charge in [0, 0.05) is 0 Å². The molecule has 14 heavy (non-hydrogen) atoms. The number of ether oxygens (including phenoxy) is 1. The highest BCUT2D eigenvalue weighted by Gasteiger charge is 2.16. The molecular formula is C9H12Cl2O3. The molecule has 0 aliphatic heterocycles. The number of hydrogen-bond acceptors (Lipinski definition) is 2. The van der Waals surface area contributed by atoms with Crippen LogP contribution < -0.4 is 0 Å². The van der Waals surface area contributed by atoms with Gasteiger partial charge in [-0.25, -0.2) is 4.79 Å². The van der Waals surface area contributed by atoms with Gasteiger partial charge in [-0.05, 0) is 6.42 Å². The summed E-state index contributed by atoms with van der Waals surface area (Å²) in [6.07, 6.45) is 2.36. The van der Waals surface area contributed by atoms with Gasteiger partial charge < -0.3 is 9.84 Å². The molecule has 5 heteroatoms. The summed E-state index contributed by atoms with van der Waals surface area (Å²) < 4.78 is 4.89. The highest BCUT2D eigenvalue weighted by molar-refractivity contribution is 6.32. The molecule has 0 aliphatic carbocycles. The third kappa shape index (κ3) is 3.60. The first-order valence-electron chi connectivity index (χ1n) is 4.00. The minimum Gasteiger partial charge on any atom is -0.495 e. The van der Waals surface area contributed by atoms with Crippen LogP contribution in [0, 0.1) is 0 Å². The van der Waals surface area contributed by atoms with Crippen LogP contribution in [0.3, 0.4) is 0 Å². The van der Waals surface area contributed by atoms with Crippen molar-refractivity contribution in [3.8, 4) is 0 Å². The maximum absolute atomic E-state index is 10.7. The maximum Gasteiger partial charge on any atom is 0.336 e. The molecule has 0 saturated carbocycles. The minimum absolute atomic E-state index is 0.0381. The van der Waals surface area contributed by atoms with Crippen molar-refractivity contribution >= 4 is 29.2 Å². The summed E-state index contributed by atoms with van der Waals surface area (Å²) in [5.74, 6) is -1.15. The second-order valence-electron chi connectivity index (χ2n) is 2.41. The third-order valence-corrected chi connectivity index (χ3v) is 2.06. The number of allylic oxidation sites excluding steroid dienone is 2. The number of carboxylic acid groups (broad SMARTS) is 1. The van der Waals surface area contributed by atoms with Crippen molar-refractivity contribution in [2.75, 3.05) is 13.0 Å². The molecule has 0 bridgehead atoms. The summed E-state index contributed by atoms with van der Waals surface area (Å²) in [6, 6.07) is 0. The first-order chi connectivity index (χ1) is 6.58. The van der Waals surface area contributed by atoms with Crippen LogP contribution in [0.4, 0.5) is 0 Å². The molecule has 0 fully saturated rings. The summed E-state index contributed by atoms with van der Waals surface area (Å²) in [5.41, 5.74) is -0.0381. The van der Waals surface area contributed by atoms with Crippen LogP contribution in [0.5, 0.6) is 0 Å². The quantitative estimate of drug-likeness (QED) is 0.347. The minimum atomic E-state index is -1.13. The van der Waals surface area contributed by atoms with Gasteiger partial charge in [0.25, 0.3) is 0 Å². The smallest absolute Gasteiger partial charge is 0.336 e. The fourth-order valence-corrected chi connectivity index (χ4v) is 1.43. The van der Waals surface area contributed by atoms with E-state index in [1.807, 2.05) is 6.92 Å². The Kier molecular flexibility index (Phi) is 6.41. The third-order valence-electron chi connectivity index (χ3n) is 1.47.